The monoisotopic (exact) mass is 386 g/mol. The zero-order valence-corrected chi connectivity index (χ0v) is 17.2. The third kappa shape index (κ3) is 5.34. The van der Waals surface area contributed by atoms with Gasteiger partial charge in [-0.3, -0.25) is 4.79 Å². The number of carbonyl (C=O) groups excluding carboxylic acids is 1. The minimum absolute atomic E-state index is 0.000355. The summed E-state index contributed by atoms with van der Waals surface area (Å²) in [4.78, 5) is 12.4. The molecule has 6 heteroatoms. The first-order valence-corrected chi connectivity index (χ1v) is 11.1. The highest BCUT2D eigenvalue weighted by atomic mass is 32.2. The topological polar surface area (TPSA) is 59.8 Å². The Kier molecular flexibility index (Phi) is 7.33. The van der Waals surface area contributed by atoms with E-state index < -0.39 is 0 Å². The van der Waals surface area contributed by atoms with E-state index in [1.54, 1.807) is 0 Å². The molecule has 1 saturated carbocycles. The summed E-state index contributed by atoms with van der Waals surface area (Å²) in [6.45, 7) is 5.06. The van der Waals surface area contributed by atoms with Gasteiger partial charge in [0.25, 0.3) is 0 Å². The quantitative estimate of drug-likeness (QED) is 0.667. The van der Waals surface area contributed by atoms with Gasteiger partial charge in [-0.25, -0.2) is 0 Å². The SMILES string of the molecule is CCc1ccccc1NC(=O)CSc1nnc(CC2CCCCC2)n1CC. The van der Waals surface area contributed by atoms with Crippen LogP contribution in [-0.2, 0) is 24.2 Å². The first-order valence-electron chi connectivity index (χ1n) is 10.1. The number of thioether (sulfide) groups is 1. The van der Waals surface area contributed by atoms with E-state index in [1.165, 1.54) is 43.9 Å². The molecule has 146 valence electrons. The minimum atomic E-state index is 0.000355. The van der Waals surface area contributed by atoms with Crippen LogP contribution < -0.4 is 5.32 Å². The summed E-state index contributed by atoms with van der Waals surface area (Å²) >= 11 is 1.47. The molecule has 1 aliphatic rings. The summed E-state index contributed by atoms with van der Waals surface area (Å²) in [6.07, 6.45) is 8.57. The maximum absolute atomic E-state index is 12.4. The Morgan fingerprint density at radius 1 is 1.19 bits per heavy atom. The molecule has 1 aliphatic carbocycles. The molecule has 3 rings (SSSR count). The van der Waals surface area contributed by atoms with E-state index >= 15 is 0 Å². The molecule has 1 N–H and O–H groups in total. The average Bonchev–Trinajstić information content (AvgIpc) is 3.09. The van der Waals surface area contributed by atoms with Gasteiger partial charge < -0.3 is 9.88 Å². The number of anilines is 1. The lowest BCUT2D eigenvalue weighted by atomic mass is 9.87. The second-order valence-electron chi connectivity index (χ2n) is 7.20. The van der Waals surface area contributed by atoms with Gasteiger partial charge in [-0.15, -0.1) is 10.2 Å². The smallest absolute Gasteiger partial charge is 0.234 e. The van der Waals surface area contributed by atoms with E-state index in [-0.39, 0.29) is 5.91 Å². The summed E-state index contributed by atoms with van der Waals surface area (Å²) in [5.74, 6) is 2.16. The van der Waals surface area contributed by atoms with Crippen molar-refractivity contribution < 1.29 is 4.79 Å². The lowest BCUT2D eigenvalue weighted by Crippen LogP contribution is -2.16. The molecule has 5 nitrogen and oxygen atoms in total. The molecule has 0 aliphatic heterocycles. The summed E-state index contributed by atoms with van der Waals surface area (Å²) in [6, 6.07) is 7.96. The van der Waals surface area contributed by atoms with Gasteiger partial charge in [0.1, 0.15) is 5.82 Å². The van der Waals surface area contributed by atoms with Crippen molar-refractivity contribution in [3.8, 4) is 0 Å². The number of para-hydroxylation sites is 1. The molecule has 0 bridgehead atoms. The summed E-state index contributed by atoms with van der Waals surface area (Å²) in [5, 5.41) is 12.7. The molecular formula is C21H30N4OS. The van der Waals surface area contributed by atoms with Crippen LogP contribution in [0.2, 0.25) is 0 Å². The van der Waals surface area contributed by atoms with Gasteiger partial charge in [0.2, 0.25) is 5.91 Å². The maximum atomic E-state index is 12.4. The van der Waals surface area contributed by atoms with E-state index in [2.05, 4.69) is 33.9 Å². The number of aryl methyl sites for hydroxylation is 1. The normalized spacial score (nSPS) is 15.0. The lowest BCUT2D eigenvalue weighted by Gasteiger charge is -2.21. The van der Waals surface area contributed by atoms with Crippen LogP contribution >= 0.6 is 11.8 Å². The largest absolute Gasteiger partial charge is 0.325 e. The van der Waals surface area contributed by atoms with Crippen LogP contribution in [0.1, 0.15) is 57.3 Å². The van der Waals surface area contributed by atoms with Crippen LogP contribution in [0.3, 0.4) is 0 Å². The standard InChI is InChI=1S/C21H30N4OS/c1-3-17-12-8-9-13-18(17)22-20(26)15-27-21-24-23-19(25(21)4-2)14-16-10-6-5-7-11-16/h8-9,12-13,16H,3-7,10-11,14-15H2,1-2H3,(H,22,26). The molecule has 27 heavy (non-hydrogen) atoms. The Bertz CT molecular complexity index is 752. The highest BCUT2D eigenvalue weighted by Crippen LogP contribution is 2.27. The summed E-state index contributed by atoms with van der Waals surface area (Å²) in [7, 11) is 0. The van der Waals surface area contributed by atoms with Crippen LogP contribution in [0.4, 0.5) is 5.69 Å². The van der Waals surface area contributed by atoms with Crippen molar-refractivity contribution in [1.29, 1.82) is 0 Å². The van der Waals surface area contributed by atoms with Gasteiger partial charge >= 0.3 is 0 Å². The van der Waals surface area contributed by atoms with Crippen LogP contribution in [0, 0.1) is 5.92 Å². The molecule has 1 fully saturated rings. The van der Waals surface area contributed by atoms with Crippen LogP contribution in [-0.4, -0.2) is 26.4 Å². The van der Waals surface area contributed by atoms with Crippen molar-refractivity contribution in [2.45, 2.75) is 70.5 Å². The number of hydrogen-bond donors (Lipinski definition) is 1. The van der Waals surface area contributed by atoms with Crippen molar-refractivity contribution in [1.82, 2.24) is 14.8 Å². The highest BCUT2D eigenvalue weighted by Gasteiger charge is 2.19. The number of hydrogen-bond acceptors (Lipinski definition) is 4. The van der Waals surface area contributed by atoms with Gasteiger partial charge in [-0.05, 0) is 30.9 Å². The first-order chi connectivity index (χ1) is 13.2. The second-order valence-corrected chi connectivity index (χ2v) is 8.14. The highest BCUT2D eigenvalue weighted by molar-refractivity contribution is 7.99. The average molecular weight is 387 g/mol. The fourth-order valence-electron chi connectivity index (χ4n) is 3.81. The van der Waals surface area contributed by atoms with Gasteiger partial charge in [0, 0.05) is 18.7 Å². The molecule has 1 aromatic heterocycles. The van der Waals surface area contributed by atoms with E-state index in [1.807, 2.05) is 24.3 Å². The Balaban J connectivity index is 1.58. The molecule has 0 saturated heterocycles. The number of benzene rings is 1. The summed E-state index contributed by atoms with van der Waals surface area (Å²) in [5.41, 5.74) is 2.06. The molecule has 0 unspecified atom stereocenters. The van der Waals surface area contributed by atoms with Gasteiger partial charge in [0.05, 0.1) is 5.75 Å². The number of rotatable bonds is 8. The number of amides is 1. The minimum Gasteiger partial charge on any atom is -0.325 e. The maximum Gasteiger partial charge on any atom is 0.234 e. The van der Waals surface area contributed by atoms with E-state index in [0.29, 0.717) is 5.75 Å². The number of carbonyl (C=O) groups is 1. The third-order valence-corrected chi connectivity index (χ3v) is 6.28. The molecule has 0 radical (unpaired) electrons. The van der Waals surface area contributed by atoms with Crippen molar-refractivity contribution in [2.24, 2.45) is 5.92 Å². The van der Waals surface area contributed by atoms with Crippen molar-refractivity contribution in [2.75, 3.05) is 11.1 Å². The van der Waals surface area contributed by atoms with E-state index in [4.69, 9.17) is 0 Å². The molecule has 2 aromatic rings. The van der Waals surface area contributed by atoms with Crippen molar-refractivity contribution >= 4 is 23.4 Å². The second kappa shape index (κ2) is 9.93. The number of aromatic nitrogens is 3. The van der Waals surface area contributed by atoms with Gasteiger partial charge in [0.15, 0.2) is 5.16 Å². The molecule has 1 amide bonds. The van der Waals surface area contributed by atoms with Crippen molar-refractivity contribution in [3.63, 3.8) is 0 Å². The molecular weight excluding hydrogens is 356 g/mol. The molecule has 1 aromatic carbocycles. The van der Waals surface area contributed by atoms with Gasteiger partial charge in [-0.2, -0.15) is 0 Å². The number of nitrogens with zero attached hydrogens (tertiary/aromatic N) is 3. The Hall–Kier alpha value is -1.82. The number of nitrogens with one attached hydrogen (secondary N) is 1. The lowest BCUT2D eigenvalue weighted by molar-refractivity contribution is -0.113. The zero-order valence-electron chi connectivity index (χ0n) is 16.4. The third-order valence-electron chi connectivity index (χ3n) is 5.31. The molecule has 0 spiro atoms. The van der Waals surface area contributed by atoms with E-state index in [9.17, 15) is 4.79 Å². The molecule has 0 atom stereocenters. The Morgan fingerprint density at radius 3 is 2.70 bits per heavy atom. The van der Waals surface area contributed by atoms with Crippen LogP contribution in [0.5, 0.6) is 0 Å². The van der Waals surface area contributed by atoms with Crippen molar-refractivity contribution in [3.05, 3.63) is 35.7 Å². The predicted octanol–water partition coefficient (Wildman–Crippen LogP) is 4.71. The predicted molar refractivity (Wildman–Crippen MR) is 111 cm³/mol. The fourth-order valence-corrected chi connectivity index (χ4v) is 4.63. The zero-order chi connectivity index (χ0) is 19.1. The van der Waals surface area contributed by atoms with Crippen LogP contribution in [0.25, 0.3) is 0 Å². The van der Waals surface area contributed by atoms with Crippen LogP contribution in [0.15, 0.2) is 29.4 Å². The fraction of sp³-hybridized carbons (Fsp3) is 0.571. The molecule has 1 heterocycles. The summed E-state index contributed by atoms with van der Waals surface area (Å²) < 4.78 is 2.17. The first kappa shape index (κ1) is 19.9. The van der Waals surface area contributed by atoms with E-state index in [0.717, 1.165) is 47.5 Å². The van der Waals surface area contributed by atoms with Gasteiger partial charge in [-0.1, -0.05) is 69.0 Å². The Labute approximate surface area is 166 Å². The Morgan fingerprint density at radius 2 is 1.96 bits per heavy atom.